The summed E-state index contributed by atoms with van der Waals surface area (Å²) in [6, 6.07) is 0. The third kappa shape index (κ3) is 7.45. The van der Waals surface area contributed by atoms with E-state index in [9.17, 15) is 14.2 Å². The Labute approximate surface area is 123 Å². The zero-order chi connectivity index (χ0) is 16.3. The molecule has 0 aliphatic heterocycles. The van der Waals surface area contributed by atoms with Crippen LogP contribution < -0.4 is 5.32 Å². The lowest BCUT2D eigenvalue weighted by atomic mass is 10.2. The van der Waals surface area contributed by atoms with Gasteiger partial charge in [-0.15, -0.1) is 0 Å². The van der Waals surface area contributed by atoms with Crippen LogP contribution in [0, 0.1) is 11.8 Å². The summed E-state index contributed by atoms with van der Waals surface area (Å²) < 4.78 is 26.7. The highest BCUT2D eigenvalue weighted by molar-refractivity contribution is 7.53. The Morgan fingerprint density at radius 2 is 2.00 bits per heavy atom. The van der Waals surface area contributed by atoms with E-state index >= 15 is 0 Å². The van der Waals surface area contributed by atoms with Crippen LogP contribution in [0.1, 0.15) is 27.2 Å². The molecule has 1 amide bonds. The first-order valence-corrected chi connectivity index (χ1v) is 8.55. The number of carboxylic acids is 1. The van der Waals surface area contributed by atoms with Crippen molar-refractivity contribution in [3.63, 3.8) is 0 Å². The van der Waals surface area contributed by atoms with Crippen LogP contribution in [0.2, 0.25) is 0 Å². The molecule has 0 spiro atoms. The van der Waals surface area contributed by atoms with Gasteiger partial charge < -0.3 is 19.7 Å². The number of alkyl carbamates (subject to hydrolysis) is 1. The molecule has 21 heavy (non-hydrogen) atoms. The highest BCUT2D eigenvalue weighted by Crippen LogP contribution is 2.47. The van der Waals surface area contributed by atoms with Gasteiger partial charge in [0.2, 0.25) is 6.79 Å². The molecular weight excluding hydrogens is 301 g/mol. The fourth-order valence-corrected chi connectivity index (χ4v) is 3.03. The molecule has 1 rings (SSSR count). The molecule has 1 aliphatic rings. The largest absolute Gasteiger partial charge is 0.481 e. The minimum absolute atomic E-state index is 0.0579. The fourth-order valence-electron chi connectivity index (χ4n) is 1.74. The molecule has 0 aromatic carbocycles. The number of carbonyl (C=O) groups is 2. The average molecular weight is 323 g/mol. The molecule has 2 N–H and O–H groups in total. The standard InChI is InChI=1S/C12H22NO7P/c1-12(2,3)20-21(4,17)19-7-18-11(16)13-6-8-5-9(8)10(14)15/h8-9H,5-7H2,1-4H3,(H,13,16)(H,14,15)/t8-,9-,21?/m0/s1. The van der Waals surface area contributed by atoms with Crippen molar-refractivity contribution >= 4 is 19.7 Å². The summed E-state index contributed by atoms with van der Waals surface area (Å²) >= 11 is 0. The molecule has 9 heteroatoms. The molecule has 0 radical (unpaired) electrons. The van der Waals surface area contributed by atoms with Gasteiger partial charge in [0.1, 0.15) is 0 Å². The van der Waals surface area contributed by atoms with Crippen molar-refractivity contribution in [1.82, 2.24) is 5.32 Å². The molecule has 1 saturated carbocycles. The summed E-state index contributed by atoms with van der Waals surface area (Å²) in [6.45, 7) is 6.22. The zero-order valence-corrected chi connectivity index (χ0v) is 13.5. The van der Waals surface area contributed by atoms with Crippen molar-refractivity contribution in [3.8, 4) is 0 Å². The van der Waals surface area contributed by atoms with Crippen LogP contribution in [0.15, 0.2) is 0 Å². The van der Waals surface area contributed by atoms with Gasteiger partial charge >= 0.3 is 19.7 Å². The van der Waals surface area contributed by atoms with Crippen LogP contribution in [0.4, 0.5) is 4.79 Å². The van der Waals surface area contributed by atoms with Crippen LogP contribution in [0.5, 0.6) is 0 Å². The predicted octanol–water partition coefficient (Wildman–Crippen LogP) is 2.05. The Morgan fingerprint density at radius 1 is 1.38 bits per heavy atom. The first-order chi connectivity index (χ1) is 9.50. The number of aliphatic carboxylic acids is 1. The minimum Gasteiger partial charge on any atom is -0.481 e. The Morgan fingerprint density at radius 3 is 2.48 bits per heavy atom. The summed E-state index contributed by atoms with van der Waals surface area (Å²) in [5, 5.41) is 11.1. The Hall–Kier alpha value is -1.11. The number of rotatable bonds is 7. The number of hydrogen-bond acceptors (Lipinski definition) is 6. The van der Waals surface area contributed by atoms with Gasteiger partial charge in [0.25, 0.3) is 0 Å². The molecule has 122 valence electrons. The third-order valence-corrected chi connectivity index (χ3v) is 4.12. The van der Waals surface area contributed by atoms with Gasteiger partial charge in [-0.3, -0.25) is 13.9 Å². The van der Waals surface area contributed by atoms with Crippen LogP contribution in [0.25, 0.3) is 0 Å². The molecule has 1 fully saturated rings. The van der Waals surface area contributed by atoms with Crippen LogP contribution in [0.3, 0.4) is 0 Å². The van der Waals surface area contributed by atoms with Crippen molar-refractivity contribution in [1.29, 1.82) is 0 Å². The molecular formula is C12H22NO7P. The molecule has 3 atom stereocenters. The molecule has 1 aliphatic carbocycles. The van der Waals surface area contributed by atoms with Crippen molar-refractivity contribution < 1.29 is 33.0 Å². The van der Waals surface area contributed by atoms with Gasteiger partial charge in [-0.25, -0.2) is 4.79 Å². The van der Waals surface area contributed by atoms with Crippen LogP contribution in [-0.4, -0.2) is 42.8 Å². The Bertz CT molecular complexity index is 445. The van der Waals surface area contributed by atoms with Gasteiger partial charge in [0.15, 0.2) is 0 Å². The molecule has 0 bridgehead atoms. The molecule has 8 nitrogen and oxygen atoms in total. The molecule has 0 aromatic heterocycles. The maximum absolute atomic E-state index is 11.9. The summed E-state index contributed by atoms with van der Waals surface area (Å²) in [6.07, 6.45) is -0.197. The lowest BCUT2D eigenvalue weighted by molar-refractivity contribution is -0.138. The second-order valence-corrected chi connectivity index (χ2v) is 7.96. The average Bonchev–Trinajstić information content (AvgIpc) is 3.01. The maximum atomic E-state index is 11.9. The summed E-state index contributed by atoms with van der Waals surface area (Å²) in [5.41, 5.74) is -0.635. The number of nitrogens with one attached hydrogen (secondary N) is 1. The first-order valence-electron chi connectivity index (χ1n) is 6.56. The fraction of sp³-hybridized carbons (Fsp3) is 0.833. The summed E-state index contributed by atoms with van der Waals surface area (Å²) in [4.78, 5) is 21.9. The number of amides is 1. The van der Waals surface area contributed by atoms with Crippen LogP contribution in [-0.2, 0) is 23.1 Å². The van der Waals surface area contributed by atoms with E-state index in [1.165, 1.54) is 6.66 Å². The number of carbonyl (C=O) groups excluding carboxylic acids is 1. The van der Waals surface area contributed by atoms with Gasteiger partial charge in [-0.05, 0) is 33.1 Å². The van der Waals surface area contributed by atoms with E-state index in [0.717, 1.165) is 0 Å². The Kier molecular flexibility index (Phi) is 5.78. The summed E-state index contributed by atoms with van der Waals surface area (Å²) in [5.74, 6) is -1.31. The molecule has 1 unspecified atom stereocenters. The topological polar surface area (TPSA) is 111 Å². The highest BCUT2D eigenvalue weighted by atomic mass is 31.2. The number of hydrogen-bond donors (Lipinski definition) is 2. The van der Waals surface area contributed by atoms with Crippen molar-refractivity contribution in [2.75, 3.05) is 20.0 Å². The lowest BCUT2D eigenvalue weighted by Crippen LogP contribution is -2.28. The van der Waals surface area contributed by atoms with E-state index in [2.05, 4.69) is 5.32 Å². The van der Waals surface area contributed by atoms with E-state index in [1.807, 2.05) is 0 Å². The SMILES string of the molecule is CC(C)(C)OP(C)(=O)OCOC(=O)NC[C@@H]1C[C@@H]1C(=O)O. The van der Waals surface area contributed by atoms with Crippen molar-refractivity contribution in [2.45, 2.75) is 32.8 Å². The number of carboxylic acid groups (broad SMARTS) is 1. The second-order valence-electron chi connectivity index (χ2n) is 5.98. The normalized spacial score (nSPS) is 24.0. The highest BCUT2D eigenvalue weighted by Gasteiger charge is 2.43. The lowest BCUT2D eigenvalue weighted by Gasteiger charge is -2.24. The Balaban J connectivity index is 2.16. The monoisotopic (exact) mass is 323 g/mol. The molecule has 0 heterocycles. The van der Waals surface area contributed by atoms with Crippen molar-refractivity contribution in [3.05, 3.63) is 0 Å². The van der Waals surface area contributed by atoms with E-state index in [0.29, 0.717) is 6.42 Å². The van der Waals surface area contributed by atoms with E-state index in [-0.39, 0.29) is 12.5 Å². The predicted molar refractivity (Wildman–Crippen MR) is 74.0 cm³/mol. The smallest absolute Gasteiger partial charge is 0.409 e. The summed E-state index contributed by atoms with van der Waals surface area (Å²) in [7, 11) is -3.30. The van der Waals surface area contributed by atoms with Gasteiger partial charge in [0.05, 0.1) is 11.5 Å². The third-order valence-electron chi connectivity index (χ3n) is 2.67. The molecule has 0 aromatic rings. The van der Waals surface area contributed by atoms with Crippen molar-refractivity contribution in [2.24, 2.45) is 11.8 Å². The van der Waals surface area contributed by atoms with E-state index in [1.54, 1.807) is 20.8 Å². The van der Waals surface area contributed by atoms with Gasteiger partial charge in [-0.2, -0.15) is 0 Å². The quantitative estimate of drug-likeness (QED) is 0.544. The zero-order valence-electron chi connectivity index (χ0n) is 12.6. The first kappa shape index (κ1) is 17.9. The van der Waals surface area contributed by atoms with Gasteiger partial charge in [0, 0.05) is 13.2 Å². The second kappa shape index (κ2) is 6.77. The maximum Gasteiger partial charge on any atom is 0.409 e. The van der Waals surface area contributed by atoms with E-state index in [4.69, 9.17) is 18.9 Å². The van der Waals surface area contributed by atoms with Crippen LogP contribution >= 0.6 is 7.60 Å². The minimum atomic E-state index is -3.30. The van der Waals surface area contributed by atoms with Gasteiger partial charge in [-0.1, -0.05) is 0 Å². The molecule has 0 saturated heterocycles. The van der Waals surface area contributed by atoms with E-state index < -0.39 is 38.0 Å². The number of ether oxygens (including phenoxy) is 1.